The number of hydrogen-bond donors (Lipinski definition) is 3. The molecule has 0 aromatic carbocycles. The first kappa shape index (κ1) is 16.2. The first-order valence-electron chi connectivity index (χ1n) is 8.74. The van der Waals surface area contributed by atoms with E-state index in [0.29, 0.717) is 25.8 Å². The Morgan fingerprint density at radius 1 is 1.30 bits per heavy atom. The molecule has 7 heteroatoms. The molecular weight excluding hydrogens is 296 g/mol. The topological polar surface area (TPSA) is 90.5 Å². The summed E-state index contributed by atoms with van der Waals surface area (Å²) in [6.07, 6.45) is 4.88. The van der Waals surface area contributed by atoms with Gasteiger partial charge in [-0.25, -0.2) is 0 Å². The zero-order valence-electron chi connectivity index (χ0n) is 13.6. The number of nitrogens with zero attached hydrogens (tertiary/aromatic N) is 1. The van der Waals surface area contributed by atoms with Gasteiger partial charge in [-0.15, -0.1) is 0 Å². The summed E-state index contributed by atoms with van der Waals surface area (Å²) in [6, 6.07) is -0.989. The fourth-order valence-corrected chi connectivity index (χ4v) is 3.79. The third-order valence-corrected chi connectivity index (χ3v) is 5.18. The van der Waals surface area contributed by atoms with E-state index >= 15 is 0 Å². The lowest BCUT2D eigenvalue weighted by Gasteiger charge is -2.44. The quantitative estimate of drug-likeness (QED) is 0.654. The lowest BCUT2D eigenvalue weighted by atomic mass is 9.92. The predicted molar refractivity (Wildman–Crippen MR) is 84.5 cm³/mol. The van der Waals surface area contributed by atoms with Crippen LogP contribution in [-0.4, -0.2) is 59.9 Å². The molecule has 3 fully saturated rings. The normalized spacial score (nSPS) is 34.6. The highest BCUT2D eigenvalue weighted by Crippen LogP contribution is 2.23. The van der Waals surface area contributed by atoms with Gasteiger partial charge in [0.2, 0.25) is 17.7 Å². The van der Waals surface area contributed by atoms with Crippen molar-refractivity contribution in [2.45, 2.75) is 69.6 Å². The van der Waals surface area contributed by atoms with Crippen molar-refractivity contribution in [3.63, 3.8) is 0 Å². The third-order valence-electron chi connectivity index (χ3n) is 5.18. The molecule has 3 saturated heterocycles. The van der Waals surface area contributed by atoms with E-state index < -0.39 is 12.1 Å². The van der Waals surface area contributed by atoms with Gasteiger partial charge < -0.3 is 20.9 Å². The second-order valence-electron chi connectivity index (χ2n) is 6.75. The van der Waals surface area contributed by atoms with Gasteiger partial charge >= 0.3 is 0 Å². The number of piperidine rings is 2. The minimum absolute atomic E-state index is 0.0100. The summed E-state index contributed by atoms with van der Waals surface area (Å²) in [5.74, 6) is -0.0563. The first-order chi connectivity index (χ1) is 11.1. The van der Waals surface area contributed by atoms with Crippen LogP contribution in [0.3, 0.4) is 0 Å². The second kappa shape index (κ2) is 6.86. The fourth-order valence-electron chi connectivity index (χ4n) is 3.79. The Kier molecular flexibility index (Phi) is 4.84. The molecule has 23 heavy (non-hydrogen) atoms. The number of carbonyl (C=O) groups is 3. The van der Waals surface area contributed by atoms with Crippen LogP contribution in [0, 0.1) is 0 Å². The lowest BCUT2D eigenvalue weighted by Crippen LogP contribution is -2.67. The van der Waals surface area contributed by atoms with Gasteiger partial charge in [0.15, 0.2) is 0 Å². The molecule has 0 aromatic rings. The monoisotopic (exact) mass is 322 g/mol. The van der Waals surface area contributed by atoms with Crippen molar-refractivity contribution in [1.82, 2.24) is 20.9 Å². The van der Waals surface area contributed by atoms with Crippen LogP contribution in [0.2, 0.25) is 0 Å². The highest BCUT2D eigenvalue weighted by atomic mass is 16.2. The van der Waals surface area contributed by atoms with E-state index in [4.69, 9.17) is 0 Å². The maximum atomic E-state index is 12.3. The van der Waals surface area contributed by atoms with Crippen LogP contribution in [0.15, 0.2) is 0 Å². The van der Waals surface area contributed by atoms with Crippen molar-refractivity contribution in [1.29, 1.82) is 0 Å². The van der Waals surface area contributed by atoms with Crippen LogP contribution in [-0.2, 0) is 14.4 Å². The first-order valence-corrected chi connectivity index (χ1v) is 8.74. The van der Waals surface area contributed by atoms with Crippen molar-refractivity contribution in [3.05, 3.63) is 0 Å². The summed E-state index contributed by atoms with van der Waals surface area (Å²) in [5.41, 5.74) is 0. The number of rotatable bonds is 3. The number of amides is 3. The molecule has 7 nitrogen and oxygen atoms in total. The van der Waals surface area contributed by atoms with Gasteiger partial charge in [-0.3, -0.25) is 14.4 Å². The highest BCUT2D eigenvalue weighted by Gasteiger charge is 2.43. The minimum atomic E-state index is -0.441. The molecule has 0 radical (unpaired) electrons. The Morgan fingerprint density at radius 2 is 2.13 bits per heavy atom. The summed E-state index contributed by atoms with van der Waals surface area (Å²) in [6.45, 7) is 3.32. The van der Waals surface area contributed by atoms with Crippen LogP contribution in [0.4, 0.5) is 0 Å². The van der Waals surface area contributed by atoms with Crippen molar-refractivity contribution < 1.29 is 14.4 Å². The van der Waals surface area contributed by atoms with Gasteiger partial charge in [-0.2, -0.15) is 0 Å². The predicted octanol–water partition coefficient (Wildman–Crippen LogP) is -0.487. The third kappa shape index (κ3) is 3.34. The van der Waals surface area contributed by atoms with E-state index in [1.54, 1.807) is 4.90 Å². The van der Waals surface area contributed by atoms with E-state index in [1.807, 2.05) is 6.92 Å². The Labute approximate surface area is 136 Å². The van der Waals surface area contributed by atoms with Gasteiger partial charge in [0.05, 0.1) is 6.04 Å². The fraction of sp³-hybridized carbons (Fsp3) is 0.812. The number of piperazine rings is 1. The molecule has 0 spiro atoms. The summed E-state index contributed by atoms with van der Waals surface area (Å²) >= 11 is 0. The molecule has 0 aliphatic carbocycles. The highest BCUT2D eigenvalue weighted by molar-refractivity contribution is 5.97. The van der Waals surface area contributed by atoms with Crippen molar-refractivity contribution in [2.24, 2.45) is 0 Å². The Balaban J connectivity index is 1.58. The number of nitrogens with one attached hydrogen (secondary N) is 3. The van der Waals surface area contributed by atoms with E-state index in [2.05, 4.69) is 16.0 Å². The molecule has 3 heterocycles. The molecule has 3 aliphatic heterocycles. The average Bonchev–Trinajstić information content (AvgIpc) is 2.58. The molecule has 128 valence electrons. The van der Waals surface area contributed by atoms with Gasteiger partial charge in [0.1, 0.15) is 12.1 Å². The van der Waals surface area contributed by atoms with E-state index in [9.17, 15) is 14.4 Å². The molecule has 3 aliphatic rings. The molecule has 0 bridgehead atoms. The van der Waals surface area contributed by atoms with Gasteiger partial charge in [-0.1, -0.05) is 13.3 Å². The molecule has 3 rings (SSSR count). The Morgan fingerprint density at radius 3 is 2.83 bits per heavy atom. The molecule has 0 saturated carbocycles. The second-order valence-corrected chi connectivity index (χ2v) is 6.75. The van der Waals surface area contributed by atoms with Gasteiger partial charge in [-0.05, 0) is 38.6 Å². The van der Waals surface area contributed by atoms with Crippen LogP contribution >= 0.6 is 0 Å². The van der Waals surface area contributed by atoms with Crippen LogP contribution in [0.5, 0.6) is 0 Å². The van der Waals surface area contributed by atoms with Gasteiger partial charge in [0.25, 0.3) is 0 Å². The van der Waals surface area contributed by atoms with Crippen LogP contribution < -0.4 is 16.0 Å². The van der Waals surface area contributed by atoms with E-state index in [0.717, 1.165) is 25.8 Å². The minimum Gasteiger partial charge on any atom is -0.352 e. The molecule has 3 amide bonds. The maximum Gasteiger partial charge on any atom is 0.245 e. The maximum absolute atomic E-state index is 12.3. The molecule has 0 unspecified atom stereocenters. The van der Waals surface area contributed by atoms with Crippen molar-refractivity contribution >= 4 is 17.7 Å². The van der Waals surface area contributed by atoms with E-state index in [-0.39, 0.29) is 29.8 Å². The number of hydrogen-bond acceptors (Lipinski definition) is 4. The summed E-state index contributed by atoms with van der Waals surface area (Å²) in [4.78, 5) is 38.6. The SMILES string of the molecule is CC[C@@H]1NC(=O)[C@@H]2C[C@@H](NC(=O)[C@H]3CCCCN3)CCN2C1=O. The van der Waals surface area contributed by atoms with Crippen molar-refractivity contribution in [3.8, 4) is 0 Å². The largest absolute Gasteiger partial charge is 0.352 e. The zero-order chi connectivity index (χ0) is 16.4. The zero-order valence-corrected chi connectivity index (χ0v) is 13.6. The Hall–Kier alpha value is -1.63. The van der Waals surface area contributed by atoms with Crippen molar-refractivity contribution in [2.75, 3.05) is 13.1 Å². The van der Waals surface area contributed by atoms with Crippen LogP contribution in [0.25, 0.3) is 0 Å². The summed E-state index contributed by atoms with van der Waals surface area (Å²) < 4.78 is 0. The van der Waals surface area contributed by atoms with E-state index in [1.165, 1.54) is 0 Å². The Bertz CT molecular complexity index is 490. The standard InChI is InChI=1S/C16H26N4O3/c1-2-11-16(23)20-8-6-10(9-13(20)15(22)19-11)18-14(21)12-5-3-4-7-17-12/h10-13,17H,2-9H2,1H3,(H,18,21)(H,19,22)/t10-,11-,12+,13-/m0/s1. The smallest absolute Gasteiger partial charge is 0.245 e. The molecule has 4 atom stereocenters. The number of fused-ring (bicyclic) bond motifs is 1. The average molecular weight is 322 g/mol. The molecular formula is C16H26N4O3. The summed E-state index contributed by atoms with van der Waals surface area (Å²) in [7, 11) is 0. The lowest BCUT2D eigenvalue weighted by molar-refractivity contribution is -0.152. The van der Waals surface area contributed by atoms with Gasteiger partial charge in [0, 0.05) is 12.6 Å². The van der Waals surface area contributed by atoms with Crippen LogP contribution in [0.1, 0.15) is 45.4 Å². The molecule has 0 aromatic heterocycles. The number of carbonyl (C=O) groups excluding carboxylic acids is 3. The molecule has 3 N–H and O–H groups in total. The summed E-state index contributed by atoms with van der Waals surface area (Å²) in [5, 5.41) is 9.10.